The van der Waals surface area contributed by atoms with Crippen molar-refractivity contribution >= 4 is 11.6 Å². The molecule has 2 rings (SSSR count). The van der Waals surface area contributed by atoms with Gasteiger partial charge in [0.1, 0.15) is 11.4 Å². The molecule has 0 saturated heterocycles. The fraction of sp³-hybridized carbons (Fsp3) is 0.444. The predicted molar refractivity (Wildman–Crippen MR) is 92.3 cm³/mol. The minimum atomic E-state index is -2.81. The van der Waals surface area contributed by atoms with E-state index in [1.54, 1.807) is 12.1 Å². The smallest absolute Gasteiger partial charge is 0.282 e. The van der Waals surface area contributed by atoms with Crippen LogP contribution >= 0.6 is 0 Å². The maximum Gasteiger partial charge on any atom is 0.282 e. The molecule has 136 valence electrons. The van der Waals surface area contributed by atoms with Crippen molar-refractivity contribution in [1.29, 1.82) is 0 Å². The molecule has 2 aromatic rings. The fourth-order valence-electron chi connectivity index (χ4n) is 2.47. The highest BCUT2D eigenvalue weighted by Gasteiger charge is 2.23. The van der Waals surface area contributed by atoms with Gasteiger partial charge in [0.05, 0.1) is 12.2 Å². The number of halogens is 2. The standard InChI is InChI=1S/C18H23F2N3O2/c1-4-5-6-10-25-15-9-7-8-14(12(15)2)21-18(24)13-11-23(3)22-16(13)17(19)20/h7-9,11,17H,4-6,10H2,1-3H3,(H,21,24). The number of rotatable bonds is 8. The van der Waals surface area contributed by atoms with E-state index >= 15 is 0 Å². The highest BCUT2D eigenvalue weighted by molar-refractivity contribution is 6.05. The SMILES string of the molecule is CCCCCOc1cccc(NC(=O)c2cn(C)nc2C(F)F)c1C. The van der Waals surface area contributed by atoms with E-state index in [1.165, 1.54) is 17.9 Å². The van der Waals surface area contributed by atoms with Crippen LogP contribution in [-0.2, 0) is 7.05 Å². The van der Waals surface area contributed by atoms with E-state index in [2.05, 4.69) is 17.3 Å². The molecule has 0 aliphatic heterocycles. The Kier molecular flexibility index (Phi) is 6.50. The molecule has 1 aromatic carbocycles. The molecule has 0 bridgehead atoms. The van der Waals surface area contributed by atoms with Crippen LogP contribution in [0.15, 0.2) is 24.4 Å². The van der Waals surface area contributed by atoms with E-state index in [-0.39, 0.29) is 5.56 Å². The zero-order valence-corrected chi connectivity index (χ0v) is 14.7. The van der Waals surface area contributed by atoms with Gasteiger partial charge in [0.25, 0.3) is 12.3 Å². The lowest BCUT2D eigenvalue weighted by molar-refractivity contribution is 0.101. The second kappa shape index (κ2) is 8.60. The van der Waals surface area contributed by atoms with Gasteiger partial charge in [0.2, 0.25) is 0 Å². The Hall–Kier alpha value is -2.44. The lowest BCUT2D eigenvalue weighted by atomic mass is 10.1. The molecule has 1 N–H and O–H groups in total. The van der Waals surface area contributed by atoms with Crippen molar-refractivity contribution in [2.24, 2.45) is 7.05 Å². The minimum absolute atomic E-state index is 0.133. The van der Waals surface area contributed by atoms with Crippen molar-refractivity contribution in [3.8, 4) is 5.75 Å². The molecule has 0 unspecified atom stereocenters. The molecule has 1 aromatic heterocycles. The van der Waals surface area contributed by atoms with Gasteiger partial charge in [-0.05, 0) is 25.5 Å². The van der Waals surface area contributed by atoms with Gasteiger partial charge in [0, 0.05) is 24.5 Å². The monoisotopic (exact) mass is 351 g/mol. The summed E-state index contributed by atoms with van der Waals surface area (Å²) in [7, 11) is 1.50. The second-order valence-electron chi connectivity index (χ2n) is 5.84. The van der Waals surface area contributed by atoms with Gasteiger partial charge in [0.15, 0.2) is 0 Å². The van der Waals surface area contributed by atoms with Crippen molar-refractivity contribution < 1.29 is 18.3 Å². The van der Waals surface area contributed by atoms with Crippen LogP contribution < -0.4 is 10.1 Å². The van der Waals surface area contributed by atoms with Gasteiger partial charge in [-0.3, -0.25) is 9.48 Å². The zero-order chi connectivity index (χ0) is 18.4. The molecule has 25 heavy (non-hydrogen) atoms. The van der Waals surface area contributed by atoms with Gasteiger partial charge in [-0.15, -0.1) is 0 Å². The molecule has 0 spiro atoms. The molecule has 0 radical (unpaired) electrons. The predicted octanol–water partition coefficient (Wildman–Crippen LogP) is 4.49. The quantitative estimate of drug-likeness (QED) is 0.713. The van der Waals surface area contributed by atoms with E-state index in [0.29, 0.717) is 18.0 Å². The van der Waals surface area contributed by atoms with Gasteiger partial charge in [-0.2, -0.15) is 5.10 Å². The maximum absolute atomic E-state index is 13.0. The van der Waals surface area contributed by atoms with E-state index in [0.717, 1.165) is 24.8 Å². The van der Waals surface area contributed by atoms with Crippen molar-refractivity contribution in [2.45, 2.75) is 39.5 Å². The topological polar surface area (TPSA) is 56.1 Å². The number of hydrogen-bond acceptors (Lipinski definition) is 3. The van der Waals surface area contributed by atoms with Crippen LogP contribution in [0.5, 0.6) is 5.75 Å². The molecule has 0 aliphatic carbocycles. The average molecular weight is 351 g/mol. The highest BCUT2D eigenvalue weighted by atomic mass is 19.3. The number of carbonyl (C=O) groups is 1. The summed E-state index contributed by atoms with van der Waals surface area (Å²) in [5.41, 5.74) is 0.632. The van der Waals surface area contributed by atoms with E-state index in [4.69, 9.17) is 4.74 Å². The van der Waals surface area contributed by atoms with Crippen LogP contribution in [0.25, 0.3) is 0 Å². The van der Waals surface area contributed by atoms with E-state index in [9.17, 15) is 13.6 Å². The Balaban J connectivity index is 2.13. The van der Waals surface area contributed by atoms with Gasteiger partial charge in [-0.1, -0.05) is 25.8 Å². The summed E-state index contributed by atoms with van der Waals surface area (Å²) in [5.74, 6) is 0.0591. The third kappa shape index (κ3) is 4.78. The number of amides is 1. The van der Waals surface area contributed by atoms with Crippen molar-refractivity contribution in [1.82, 2.24) is 9.78 Å². The second-order valence-corrected chi connectivity index (χ2v) is 5.84. The summed E-state index contributed by atoms with van der Waals surface area (Å²) >= 11 is 0. The summed E-state index contributed by atoms with van der Waals surface area (Å²) in [6.45, 7) is 4.54. The largest absolute Gasteiger partial charge is 0.493 e. The molecule has 1 amide bonds. The fourth-order valence-corrected chi connectivity index (χ4v) is 2.47. The van der Waals surface area contributed by atoms with Gasteiger partial charge in [-0.25, -0.2) is 8.78 Å². The zero-order valence-electron chi connectivity index (χ0n) is 14.7. The van der Waals surface area contributed by atoms with Crippen LogP contribution in [0.4, 0.5) is 14.5 Å². The number of ether oxygens (including phenoxy) is 1. The molecule has 0 aliphatic rings. The normalized spacial score (nSPS) is 11.0. The van der Waals surface area contributed by atoms with Crippen LogP contribution in [0.2, 0.25) is 0 Å². The molecule has 5 nitrogen and oxygen atoms in total. The Bertz CT molecular complexity index is 729. The summed E-state index contributed by atoms with van der Waals surface area (Å²) in [5, 5.41) is 6.32. The first-order valence-electron chi connectivity index (χ1n) is 8.29. The van der Waals surface area contributed by atoms with Gasteiger partial charge < -0.3 is 10.1 Å². The molecular weight excluding hydrogens is 328 g/mol. The Morgan fingerprint density at radius 3 is 2.80 bits per heavy atom. The highest BCUT2D eigenvalue weighted by Crippen LogP contribution is 2.27. The number of hydrogen-bond donors (Lipinski definition) is 1. The number of aromatic nitrogens is 2. The number of unbranched alkanes of at least 4 members (excludes halogenated alkanes) is 2. The van der Waals surface area contributed by atoms with Gasteiger partial charge >= 0.3 is 0 Å². The van der Waals surface area contributed by atoms with Crippen molar-refractivity contribution in [3.05, 3.63) is 41.2 Å². The number of carbonyl (C=O) groups excluding carboxylic acids is 1. The lowest BCUT2D eigenvalue weighted by Gasteiger charge is -2.13. The molecule has 0 fully saturated rings. The minimum Gasteiger partial charge on any atom is -0.493 e. The number of aryl methyl sites for hydroxylation is 1. The number of benzene rings is 1. The Labute approximate surface area is 146 Å². The number of nitrogens with zero attached hydrogens (tertiary/aromatic N) is 2. The first kappa shape index (κ1) is 18.9. The summed E-state index contributed by atoms with van der Waals surface area (Å²) < 4.78 is 33.0. The number of anilines is 1. The third-order valence-electron chi connectivity index (χ3n) is 3.85. The Morgan fingerprint density at radius 1 is 1.36 bits per heavy atom. The lowest BCUT2D eigenvalue weighted by Crippen LogP contribution is -2.14. The molecule has 0 atom stereocenters. The summed E-state index contributed by atoms with van der Waals surface area (Å²) in [6.07, 6.45) is 1.64. The van der Waals surface area contributed by atoms with E-state index in [1.807, 2.05) is 13.0 Å². The molecule has 1 heterocycles. The molecular formula is C18H23F2N3O2. The van der Waals surface area contributed by atoms with Crippen LogP contribution in [0.3, 0.4) is 0 Å². The first-order chi connectivity index (χ1) is 11.9. The van der Waals surface area contributed by atoms with Crippen LogP contribution in [0, 0.1) is 6.92 Å². The number of alkyl halides is 2. The maximum atomic E-state index is 13.0. The van der Waals surface area contributed by atoms with E-state index < -0.39 is 18.0 Å². The molecule has 0 saturated carbocycles. The molecule has 7 heteroatoms. The number of nitrogens with one attached hydrogen (secondary N) is 1. The Morgan fingerprint density at radius 2 is 2.12 bits per heavy atom. The average Bonchev–Trinajstić information content (AvgIpc) is 2.97. The van der Waals surface area contributed by atoms with Crippen LogP contribution in [-0.4, -0.2) is 22.3 Å². The van der Waals surface area contributed by atoms with Crippen LogP contribution in [0.1, 0.15) is 54.2 Å². The first-order valence-corrected chi connectivity index (χ1v) is 8.29. The van der Waals surface area contributed by atoms with Crippen molar-refractivity contribution in [2.75, 3.05) is 11.9 Å². The third-order valence-corrected chi connectivity index (χ3v) is 3.85. The summed E-state index contributed by atoms with van der Waals surface area (Å²) in [4.78, 5) is 12.4. The summed E-state index contributed by atoms with van der Waals surface area (Å²) in [6, 6.07) is 5.30. The van der Waals surface area contributed by atoms with Crippen molar-refractivity contribution in [3.63, 3.8) is 0 Å².